The molecule has 0 bridgehead atoms. The molecule has 25 heavy (non-hydrogen) atoms. The number of aromatic nitrogens is 3. The molecule has 0 aliphatic rings. The van der Waals surface area contributed by atoms with Crippen molar-refractivity contribution in [1.29, 1.82) is 0 Å². The number of halogens is 2. The molecule has 0 atom stereocenters. The maximum atomic E-state index is 13.4. The monoisotopic (exact) mass is 338 g/mol. The minimum absolute atomic E-state index is 0.191. The number of rotatable bonds is 3. The molecule has 0 spiro atoms. The van der Waals surface area contributed by atoms with Crippen LogP contribution in [0.15, 0.2) is 54.7 Å². The zero-order valence-electron chi connectivity index (χ0n) is 12.8. The Morgan fingerprint density at radius 1 is 1.04 bits per heavy atom. The molecular formula is C18H12F2N4O. The highest BCUT2D eigenvalue weighted by Crippen LogP contribution is 2.26. The van der Waals surface area contributed by atoms with Gasteiger partial charge in [-0.1, -0.05) is 30.3 Å². The van der Waals surface area contributed by atoms with E-state index in [1.807, 2.05) is 30.3 Å². The van der Waals surface area contributed by atoms with Gasteiger partial charge in [0.1, 0.15) is 0 Å². The standard InChI is InChI=1S/C18H12F2N4O/c19-12-6-11-15(7-13(12)20)21-9-17(11)22-18(25)16-8-14(23-24-16)10-4-2-1-3-5-10/h1-9,21H,(H,22,25)(H,23,24). The van der Waals surface area contributed by atoms with Crippen molar-refractivity contribution in [3.05, 3.63) is 72.1 Å². The van der Waals surface area contributed by atoms with Gasteiger partial charge in [0.05, 0.1) is 16.9 Å². The molecule has 0 fully saturated rings. The summed E-state index contributed by atoms with van der Waals surface area (Å²) in [6.45, 7) is 0. The Morgan fingerprint density at radius 3 is 2.60 bits per heavy atom. The van der Waals surface area contributed by atoms with Gasteiger partial charge in [-0.2, -0.15) is 5.10 Å². The van der Waals surface area contributed by atoms with Crippen molar-refractivity contribution in [2.45, 2.75) is 0 Å². The van der Waals surface area contributed by atoms with E-state index in [0.717, 1.165) is 17.7 Å². The van der Waals surface area contributed by atoms with Crippen molar-refractivity contribution in [1.82, 2.24) is 15.2 Å². The number of aromatic amines is 2. The maximum Gasteiger partial charge on any atom is 0.276 e. The van der Waals surface area contributed by atoms with Crippen LogP contribution in [0.2, 0.25) is 0 Å². The van der Waals surface area contributed by atoms with Crippen molar-refractivity contribution in [2.75, 3.05) is 5.32 Å². The number of nitrogens with zero attached hydrogens (tertiary/aromatic N) is 1. The Bertz CT molecular complexity index is 1070. The molecule has 0 saturated heterocycles. The molecule has 1 amide bonds. The SMILES string of the molecule is O=C(Nc1c[nH]c2cc(F)c(F)cc12)c1cc(-c2ccccc2)[nH]n1. The molecule has 124 valence electrons. The first-order valence-corrected chi connectivity index (χ1v) is 7.50. The summed E-state index contributed by atoms with van der Waals surface area (Å²) in [7, 11) is 0. The first kappa shape index (κ1) is 15.1. The van der Waals surface area contributed by atoms with E-state index >= 15 is 0 Å². The van der Waals surface area contributed by atoms with E-state index in [4.69, 9.17) is 0 Å². The van der Waals surface area contributed by atoms with Crippen LogP contribution in [0.5, 0.6) is 0 Å². The first-order chi connectivity index (χ1) is 12.1. The predicted octanol–water partition coefficient (Wildman–Crippen LogP) is 4.09. The number of fused-ring (bicyclic) bond motifs is 1. The Morgan fingerprint density at radius 2 is 1.80 bits per heavy atom. The minimum atomic E-state index is -0.978. The van der Waals surface area contributed by atoms with Gasteiger partial charge in [0, 0.05) is 17.6 Å². The third-order valence-corrected chi connectivity index (χ3v) is 3.87. The van der Waals surface area contributed by atoms with E-state index in [9.17, 15) is 13.6 Å². The van der Waals surface area contributed by atoms with Crippen molar-refractivity contribution in [3.8, 4) is 11.3 Å². The number of anilines is 1. The Hall–Kier alpha value is -3.48. The zero-order valence-corrected chi connectivity index (χ0v) is 12.8. The molecule has 0 aliphatic heterocycles. The van der Waals surface area contributed by atoms with Gasteiger partial charge in [-0.05, 0) is 17.7 Å². The Labute approximate surface area is 140 Å². The molecule has 2 heterocycles. The topological polar surface area (TPSA) is 73.6 Å². The summed E-state index contributed by atoms with van der Waals surface area (Å²) in [6.07, 6.45) is 1.48. The number of carbonyl (C=O) groups excluding carboxylic acids is 1. The summed E-state index contributed by atoms with van der Waals surface area (Å²) in [5.74, 6) is -2.38. The van der Waals surface area contributed by atoms with E-state index in [1.165, 1.54) is 6.20 Å². The fourth-order valence-corrected chi connectivity index (χ4v) is 2.61. The predicted molar refractivity (Wildman–Crippen MR) is 90.2 cm³/mol. The first-order valence-electron chi connectivity index (χ1n) is 7.50. The smallest absolute Gasteiger partial charge is 0.276 e. The van der Waals surface area contributed by atoms with Crippen molar-refractivity contribution < 1.29 is 13.6 Å². The van der Waals surface area contributed by atoms with Crippen LogP contribution in [0.1, 0.15) is 10.5 Å². The number of carbonyl (C=O) groups is 1. The molecule has 0 saturated carbocycles. The number of nitrogens with one attached hydrogen (secondary N) is 3. The third kappa shape index (κ3) is 2.76. The number of benzene rings is 2. The summed E-state index contributed by atoms with van der Waals surface area (Å²) in [5.41, 5.74) is 2.54. The molecule has 4 aromatic rings. The number of hydrogen-bond acceptors (Lipinski definition) is 2. The van der Waals surface area contributed by atoms with Crippen LogP contribution in [0.25, 0.3) is 22.2 Å². The van der Waals surface area contributed by atoms with E-state index in [0.29, 0.717) is 22.3 Å². The van der Waals surface area contributed by atoms with Gasteiger partial charge in [-0.3, -0.25) is 9.89 Å². The number of H-pyrrole nitrogens is 2. The molecule has 4 rings (SSSR count). The lowest BCUT2D eigenvalue weighted by atomic mass is 10.1. The quantitative estimate of drug-likeness (QED) is 0.526. The number of amides is 1. The van der Waals surface area contributed by atoms with Gasteiger partial charge in [-0.25, -0.2) is 8.78 Å². The van der Waals surface area contributed by atoms with E-state index < -0.39 is 17.5 Å². The highest BCUT2D eigenvalue weighted by molar-refractivity contribution is 6.08. The van der Waals surface area contributed by atoms with Gasteiger partial charge in [-0.15, -0.1) is 0 Å². The van der Waals surface area contributed by atoms with Gasteiger partial charge in [0.2, 0.25) is 0 Å². The molecule has 0 radical (unpaired) electrons. The van der Waals surface area contributed by atoms with Crippen LogP contribution < -0.4 is 5.32 Å². The lowest BCUT2D eigenvalue weighted by Crippen LogP contribution is -2.12. The third-order valence-electron chi connectivity index (χ3n) is 3.87. The summed E-state index contributed by atoms with van der Waals surface area (Å²) in [6, 6.07) is 13.2. The van der Waals surface area contributed by atoms with E-state index in [2.05, 4.69) is 20.5 Å². The Balaban J connectivity index is 1.61. The molecule has 2 aromatic heterocycles. The Kier molecular flexibility index (Phi) is 3.53. The van der Waals surface area contributed by atoms with E-state index in [1.54, 1.807) is 6.07 Å². The van der Waals surface area contributed by atoms with Crippen molar-refractivity contribution in [3.63, 3.8) is 0 Å². The summed E-state index contributed by atoms with van der Waals surface area (Å²) in [4.78, 5) is 15.2. The molecule has 2 aromatic carbocycles. The normalized spacial score (nSPS) is 11.0. The second-order valence-electron chi connectivity index (χ2n) is 5.50. The lowest BCUT2D eigenvalue weighted by molar-refractivity contribution is 0.102. The average molecular weight is 338 g/mol. The second-order valence-corrected chi connectivity index (χ2v) is 5.50. The largest absolute Gasteiger partial charge is 0.359 e. The van der Waals surface area contributed by atoms with E-state index in [-0.39, 0.29) is 5.69 Å². The summed E-state index contributed by atoms with van der Waals surface area (Å²) >= 11 is 0. The van der Waals surface area contributed by atoms with Crippen molar-refractivity contribution >= 4 is 22.5 Å². The zero-order chi connectivity index (χ0) is 17.4. The van der Waals surface area contributed by atoms with Gasteiger partial charge in [0.25, 0.3) is 5.91 Å². The number of hydrogen-bond donors (Lipinski definition) is 3. The lowest BCUT2D eigenvalue weighted by Gasteiger charge is -2.01. The molecule has 5 nitrogen and oxygen atoms in total. The van der Waals surface area contributed by atoms with Crippen LogP contribution in [-0.2, 0) is 0 Å². The molecular weight excluding hydrogens is 326 g/mol. The van der Waals surface area contributed by atoms with Crippen LogP contribution in [0, 0.1) is 11.6 Å². The molecule has 0 aliphatic carbocycles. The molecule has 7 heteroatoms. The average Bonchev–Trinajstić information content (AvgIpc) is 3.25. The van der Waals surface area contributed by atoms with Gasteiger partial charge in [0.15, 0.2) is 17.3 Å². The summed E-state index contributed by atoms with van der Waals surface area (Å²) in [5, 5.41) is 9.84. The van der Waals surface area contributed by atoms with Gasteiger partial charge < -0.3 is 10.3 Å². The molecule has 3 N–H and O–H groups in total. The summed E-state index contributed by atoms with van der Waals surface area (Å²) < 4.78 is 26.7. The van der Waals surface area contributed by atoms with Crippen LogP contribution in [-0.4, -0.2) is 21.1 Å². The van der Waals surface area contributed by atoms with Crippen LogP contribution in [0.3, 0.4) is 0 Å². The fraction of sp³-hybridized carbons (Fsp3) is 0. The second kappa shape index (κ2) is 5.86. The van der Waals surface area contributed by atoms with Gasteiger partial charge >= 0.3 is 0 Å². The molecule has 0 unspecified atom stereocenters. The maximum absolute atomic E-state index is 13.4. The van der Waals surface area contributed by atoms with Crippen molar-refractivity contribution in [2.24, 2.45) is 0 Å². The van der Waals surface area contributed by atoms with Crippen LogP contribution in [0.4, 0.5) is 14.5 Å². The minimum Gasteiger partial charge on any atom is -0.359 e. The highest BCUT2D eigenvalue weighted by atomic mass is 19.2. The fourth-order valence-electron chi connectivity index (χ4n) is 2.61. The highest BCUT2D eigenvalue weighted by Gasteiger charge is 2.15. The van der Waals surface area contributed by atoms with Crippen LogP contribution >= 0.6 is 0 Å².